The second-order valence-electron chi connectivity index (χ2n) is 5.33. The van der Waals surface area contributed by atoms with Gasteiger partial charge in [-0.25, -0.2) is 4.98 Å². The lowest BCUT2D eigenvalue weighted by atomic mass is 10.2. The fourth-order valence-electron chi connectivity index (χ4n) is 2.39. The van der Waals surface area contributed by atoms with Gasteiger partial charge in [-0.15, -0.1) is 11.3 Å². The number of aromatic nitrogens is 1. The first-order valence-electron chi connectivity index (χ1n) is 7.68. The van der Waals surface area contributed by atoms with E-state index < -0.39 is 0 Å². The molecule has 0 spiro atoms. The molecule has 0 saturated heterocycles. The number of hydrogen-bond donors (Lipinski definition) is 1. The maximum atomic E-state index is 9.48. The Kier molecular flexibility index (Phi) is 5.58. The van der Waals surface area contributed by atoms with Crippen LogP contribution in [0.1, 0.15) is 17.8 Å². The van der Waals surface area contributed by atoms with Crippen molar-refractivity contribution in [2.24, 2.45) is 0 Å². The molecule has 1 aromatic heterocycles. The summed E-state index contributed by atoms with van der Waals surface area (Å²) >= 11 is 5.29. The zero-order chi connectivity index (χ0) is 16.9. The molecule has 1 atom stereocenters. The van der Waals surface area contributed by atoms with E-state index in [1.165, 1.54) is 10.8 Å². The first-order chi connectivity index (χ1) is 11.7. The zero-order valence-corrected chi connectivity index (χ0v) is 15.6. The van der Waals surface area contributed by atoms with Crippen molar-refractivity contribution >= 4 is 37.5 Å². The molecular weight excluding hydrogens is 390 g/mol. The fraction of sp³-hybridized carbons (Fsp3) is 0.278. The summed E-state index contributed by atoms with van der Waals surface area (Å²) in [6, 6.07) is 13.0. The number of benzene rings is 2. The van der Waals surface area contributed by atoms with E-state index in [9.17, 15) is 5.11 Å². The molecule has 6 heteroatoms. The van der Waals surface area contributed by atoms with E-state index in [0.717, 1.165) is 29.8 Å². The number of ether oxygens (including phenoxy) is 2. The van der Waals surface area contributed by atoms with E-state index in [1.807, 2.05) is 18.2 Å². The Bertz CT molecular complexity index is 788. The Hall–Kier alpha value is -1.79. The fourth-order valence-corrected chi connectivity index (χ4v) is 3.93. The standard InChI is InChI=1S/C18H18BrNO3S/c1-22-15-11-12(21)9-10-14(15)23-17(19)7-4-8-18-20-13-5-2-3-6-16(13)24-18/h2-3,5-6,9-11,17,21H,4,7-8H2,1H3. The van der Waals surface area contributed by atoms with E-state index in [0.29, 0.717) is 11.5 Å². The van der Waals surface area contributed by atoms with Gasteiger partial charge in [0.15, 0.2) is 16.5 Å². The Morgan fingerprint density at radius 3 is 2.83 bits per heavy atom. The molecule has 0 aliphatic heterocycles. The number of para-hydroxylation sites is 1. The number of aromatic hydroxyl groups is 1. The smallest absolute Gasteiger partial charge is 0.164 e. The van der Waals surface area contributed by atoms with Gasteiger partial charge >= 0.3 is 0 Å². The number of halogens is 1. The van der Waals surface area contributed by atoms with Crippen LogP contribution in [0, 0.1) is 0 Å². The summed E-state index contributed by atoms with van der Waals surface area (Å²) in [5, 5.41) is 10.5. The van der Waals surface area contributed by atoms with Crippen molar-refractivity contribution in [3.05, 3.63) is 47.5 Å². The highest BCUT2D eigenvalue weighted by Crippen LogP contribution is 2.33. The van der Waals surface area contributed by atoms with Crippen LogP contribution in [0.2, 0.25) is 0 Å². The van der Waals surface area contributed by atoms with Crippen LogP contribution < -0.4 is 9.47 Å². The number of phenols is 1. The Balaban J connectivity index is 1.53. The highest BCUT2D eigenvalue weighted by molar-refractivity contribution is 9.09. The molecule has 1 heterocycles. The summed E-state index contributed by atoms with van der Waals surface area (Å²) in [7, 11) is 1.55. The quantitative estimate of drug-likeness (QED) is 0.551. The van der Waals surface area contributed by atoms with E-state index in [1.54, 1.807) is 30.6 Å². The van der Waals surface area contributed by atoms with Crippen molar-refractivity contribution in [1.82, 2.24) is 4.98 Å². The normalized spacial score (nSPS) is 12.2. The van der Waals surface area contributed by atoms with Crippen LogP contribution in [-0.2, 0) is 6.42 Å². The van der Waals surface area contributed by atoms with Crippen molar-refractivity contribution in [1.29, 1.82) is 0 Å². The van der Waals surface area contributed by atoms with Crippen molar-refractivity contribution in [2.45, 2.75) is 24.3 Å². The summed E-state index contributed by atoms with van der Waals surface area (Å²) in [6.45, 7) is 0. The van der Waals surface area contributed by atoms with Crippen LogP contribution in [-0.4, -0.2) is 22.2 Å². The summed E-state index contributed by atoms with van der Waals surface area (Å²) in [6.07, 6.45) is 2.74. The number of rotatable bonds is 7. The highest BCUT2D eigenvalue weighted by Gasteiger charge is 2.12. The maximum absolute atomic E-state index is 9.48. The number of hydrogen-bond acceptors (Lipinski definition) is 5. The number of thiazole rings is 1. The topological polar surface area (TPSA) is 51.6 Å². The summed E-state index contributed by atoms with van der Waals surface area (Å²) < 4.78 is 12.3. The predicted molar refractivity (Wildman–Crippen MR) is 101 cm³/mol. The molecule has 0 radical (unpaired) electrons. The van der Waals surface area contributed by atoms with Crippen molar-refractivity contribution in [3.63, 3.8) is 0 Å². The number of phenolic OH excluding ortho intramolecular Hbond substituents is 1. The number of alkyl halides is 1. The van der Waals surface area contributed by atoms with E-state index in [4.69, 9.17) is 9.47 Å². The van der Waals surface area contributed by atoms with Gasteiger partial charge in [-0.3, -0.25) is 0 Å². The van der Waals surface area contributed by atoms with Crippen molar-refractivity contribution in [3.8, 4) is 17.2 Å². The van der Waals surface area contributed by atoms with E-state index >= 15 is 0 Å². The van der Waals surface area contributed by atoms with Gasteiger partial charge in [0.25, 0.3) is 0 Å². The molecular formula is C18H18BrNO3S. The molecule has 126 valence electrons. The highest BCUT2D eigenvalue weighted by atomic mass is 79.9. The van der Waals surface area contributed by atoms with E-state index in [2.05, 4.69) is 27.0 Å². The van der Waals surface area contributed by atoms with Gasteiger partial charge in [-0.1, -0.05) is 12.1 Å². The van der Waals surface area contributed by atoms with Crippen LogP contribution in [0.15, 0.2) is 42.5 Å². The molecule has 0 amide bonds. The van der Waals surface area contributed by atoms with Gasteiger partial charge in [-0.05, 0) is 59.5 Å². The summed E-state index contributed by atoms with van der Waals surface area (Å²) in [4.78, 5) is 4.65. The molecule has 3 rings (SSSR count). The molecule has 0 aliphatic rings. The maximum Gasteiger partial charge on any atom is 0.164 e. The van der Waals surface area contributed by atoms with Crippen molar-refractivity contribution < 1.29 is 14.6 Å². The lowest BCUT2D eigenvalue weighted by Gasteiger charge is -2.15. The molecule has 0 saturated carbocycles. The van der Waals surface area contributed by atoms with Crippen LogP contribution in [0.4, 0.5) is 0 Å². The summed E-state index contributed by atoms with van der Waals surface area (Å²) in [5.41, 5.74) is 1.07. The number of fused-ring (bicyclic) bond motifs is 1. The largest absolute Gasteiger partial charge is 0.508 e. The minimum Gasteiger partial charge on any atom is -0.508 e. The third-order valence-corrected chi connectivity index (χ3v) is 5.30. The van der Waals surface area contributed by atoms with Crippen LogP contribution >= 0.6 is 27.3 Å². The van der Waals surface area contributed by atoms with Gasteiger partial charge in [0.2, 0.25) is 0 Å². The van der Waals surface area contributed by atoms with E-state index in [-0.39, 0.29) is 10.8 Å². The third-order valence-electron chi connectivity index (χ3n) is 3.56. The first-order valence-corrected chi connectivity index (χ1v) is 9.41. The monoisotopic (exact) mass is 407 g/mol. The molecule has 3 aromatic rings. The van der Waals surface area contributed by atoms with Crippen LogP contribution in [0.25, 0.3) is 10.2 Å². The molecule has 24 heavy (non-hydrogen) atoms. The minimum absolute atomic E-state index is 0.120. The molecule has 2 aromatic carbocycles. The molecule has 0 aliphatic carbocycles. The molecule has 0 bridgehead atoms. The summed E-state index contributed by atoms with van der Waals surface area (Å²) in [5.74, 6) is 1.28. The number of methoxy groups -OCH3 is 1. The van der Waals surface area contributed by atoms with Gasteiger partial charge in [0, 0.05) is 6.07 Å². The Labute approximate surface area is 153 Å². The van der Waals surface area contributed by atoms with Crippen molar-refractivity contribution in [2.75, 3.05) is 7.11 Å². The number of aryl methyl sites for hydroxylation is 1. The Morgan fingerprint density at radius 1 is 1.21 bits per heavy atom. The molecule has 4 nitrogen and oxygen atoms in total. The van der Waals surface area contributed by atoms with Crippen LogP contribution in [0.3, 0.4) is 0 Å². The molecule has 1 unspecified atom stereocenters. The average Bonchev–Trinajstić information content (AvgIpc) is 2.99. The lowest BCUT2D eigenvalue weighted by molar-refractivity contribution is 0.263. The number of nitrogens with zero attached hydrogens (tertiary/aromatic N) is 1. The third kappa shape index (κ3) is 4.19. The van der Waals surface area contributed by atoms with Gasteiger partial charge < -0.3 is 14.6 Å². The Morgan fingerprint density at radius 2 is 2.04 bits per heavy atom. The average molecular weight is 408 g/mol. The second kappa shape index (κ2) is 7.85. The molecule has 1 N–H and O–H groups in total. The zero-order valence-electron chi connectivity index (χ0n) is 13.2. The second-order valence-corrected chi connectivity index (χ2v) is 7.47. The van der Waals surface area contributed by atoms with Crippen LogP contribution in [0.5, 0.6) is 17.2 Å². The molecule has 0 fully saturated rings. The van der Waals surface area contributed by atoms with Gasteiger partial charge in [0.05, 0.1) is 22.3 Å². The minimum atomic E-state index is -0.120. The first kappa shape index (κ1) is 17.0. The van der Waals surface area contributed by atoms with Gasteiger partial charge in [0.1, 0.15) is 5.75 Å². The SMILES string of the molecule is COc1cc(O)ccc1OC(Br)CCCc1nc2ccccc2s1. The lowest BCUT2D eigenvalue weighted by Crippen LogP contribution is -2.09. The van der Waals surface area contributed by atoms with Gasteiger partial charge in [-0.2, -0.15) is 0 Å². The predicted octanol–water partition coefficient (Wildman–Crippen LogP) is 5.13.